The number of nitrogens with one attached hydrogen (secondary N) is 2. The van der Waals surface area contributed by atoms with Crippen LogP contribution in [0.4, 0.5) is 9.18 Å². The Morgan fingerprint density at radius 1 is 1.06 bits per heavy atom. The van der Waals surface area contributed by atoms with Crippen LogP contribution in [0.15, 0.2) is 24.3 Å². The van der Waals surface area contributed by atoms with Gasteiger partial charge < -0.3 is 0 Å². The van der Waals surface area contributed by atoms with Gasteiger partial charge in [-0.25, -0.2) is 9.18 Å². The minimum atomic E-state index is -1.48. The number of barbiturate groups is 1. The third-order valence-corrected chi connectivity index (χ3v) is 3.10. The van der Waals surface area contributed by atoms with E-state index in [1.807, 2.05) is 0 Å². The Labute approximate surface area is 102 Å². The van der Waals surface area contributed by atoms with Crippen molar-refractivity contribution in [1.29, 1.82) is 0 Å². The Bertz CT molecular complexity index is 505. The predicted molar refractivity (Wildman–Crippen MR) is 60.1 cm³/mol. The second kappa shape index (κ2) is 4.21. The van der Waals surface area contributed by atoms with Gasteiger partial charge >= 0.3 is 6.03 Å². The molecule has 1 heterocycles. The molecule has 94 valence electrons. The lowest BCUT2D eigenvalue weighted by Gasteiger charge is -2.33. The van der Waals surface area contributed by atoms with E-state index in [4.69, 9.17) is 0 Å². The fourth-order valence-corrected chi connectivity index (χ4v) is 2.08. The number of hydrogen-bond donors (Lipinski definition) is 2. The highest BCUT2D eigenvalue weighted by molar-refractivity contribution is 6.22. The molecule has 2 rings (SSSR count). The summed E-state index contributed by atoms with van der Waals surface area (Å²) in [6.07, 6.45) is 0.170. The molecule has 1 fully saturated rings. The Hall–Kier alpha value is -2.24. The Balaban J connectivity index is 2.53. The number of hydrogen-bond acceptors (Lipinski definition) is 3. The van der Waals surface area contributed by atoms with Crippen LogP contribution in [0.1, 0.15) is 18.9 Å². The van der Waals surface area contributed by atoms with Crippen LogP contribution < -0.4 is 10.6 Å². The van der Waals surface area contributed by atoms with Crippen molar-refractivity contribution in [3.05, 3.63) is 35.6 Å². The van der Waals surface area contributed by atoms with Crippen molar-refractivity contribution >= 4 is 17.8 Å². The van der Waals surface area contributed by atoms with Crippen LogP contribution in [0.3, 0.4) is 0 Å². The van der Waals surface area contributed by atoms with Crippen molar-refractivity contribution in [2.45, 2.75) is 18.8 Å². The predicted octanol–water partition coefficient (Wildman–Crippen LogP) is 0.839. The number of urea groups is 1. The van der Waals surface area contributed by atoms with E-state index in [0.717, 1.165) is 0 Å². The normalized spacial score (nSPS) is 18.2. The van der Waals surface area contributed by atoms with E-state index in [0.29, 0.717) is 5.56 Å². The molecule has 0 atom stereocenters. The average molecular weight is 250 g/mol. The first-order valence-electron chi connectivity index (χ1n) is 5.43. The largest absolute Gasteiger partial charge is 0.328 e. The number of imide groups is 2. The van der Waals surface area contributed by atoms with Crippen molar-refractivity contribution in [2.24, 2.45) is 0 Å². The second-order valence-corrected chi connectivity index (χ2v) is 4.00. The number of halogens is 1. The van der Waals surface area contributed by atoms with Crippen LogP contribution in [-0.2, 0) is 15.0 Å². The Morgan fingerprint density at radius 2 is 1.56 bits per heavy atom. The molecule has 1 aliphatic heterocycles. The van der Waals surface area contributed by atoms with Gasteiger partial charge in [0.15, 0.2) is 5.41 Å². The lowest BCUT2D eigenvalue weighted by Crippen LogP contribution is -2.64. The topological polar surface area (TPSA) is 75.3 Å². The molecular weight excluding hydrogens is 239 g/mol. The minimum Gasteiger partial charge on any atom is -0.277 e. The summed E-state index contributed by atoms with van der Waals surface area (Å²) < 4.78 is 12.9. The van der Waals surface area contributed by atoms with Crippen molar-refractivity contribution in [3.63, 3.8) is 0 Å². The molecule has 1 saturated heterocycles. The highest BCUT2D eigenvalue weighted by Gasteiger charge is 2.50. The molecule has 0 saturated carbocycles. The molecule has 18 heavy (non-hydrogen) atoms. The van der Waals surface area contributed by atoms with Gasteiger partial charge in [0.1, 0.15) is 5.82 Å². The van der Waals surface area contributed by atoms with Crippen LogP contribution in [0, 0.1) is 5.82 Å². The monoisotopic (exact) mass is 250 g/mol. The quantitative estimate of drug-likeness (QED) is 0.764. The maximum Gasteiger partial charge on any atom is 0.328 e. The summed E-state index contributed by atoms with van der Waals surface area (Å²) in [5.41, 5.74) is -1.13. The number of carbonyl (C=O) groups is 3. The molecule has 6 heteroatoms. The summed E-state index contributed by atoms with van der Waals surface area (Å²) >= 11 is 0. The van der Waals surface area contributed by atoms with E-state index < -0.39 is 29.1 Å². The Morgan fingerprint density at radius 3 is 2.00 bits per heavy atom. The average Bonchev–Trinajstić information content (AvgIpc) is 2.31. The van der Waals surface area contributed by atoms with Crippen LogP contribution in [0.2, 0.25) is 0 Å². The van der Waals surface area contributed by atoms with Gasteiger partial charge in [-0.05, 0) is 24.1 Å². The number of carbonyl (C=O) groups excluding carboxylic acids is 3. The molecule has 1 aliphatic rings. The van der Waals surface area contributed by atoms with Crippen LogP contribution in [0.5, 0.6) is 0 Å². The third-order valence-electron chi connectivity index (χ3n) is 3.10. The molecule has 5 nitrogen and oxygen atoms in total. The van der Waals surface area contributed by atoms with Crippen molar-refractivity contribution < 1.29 is 18.8 Å². The van der Waals surface area contributed by atoms with Gasteiger partial charge in [0.05, 0.1) is 0 Å². The standard InChI is InChI=1S/C12H11FN2O3/c1-2-12(7-3-5-8(13)6-4-7)9(16)14-11(18)15-10(12)17/h3-6H,2H2,1H3,(H2,14,15,16,17,18). The molecule has 0 aliphatic carbocycles. The van der Waals surface area contributed by atoms with E-state index in [2.05, 4.69) is 10.6 Å². The maximum absolute atomic E-state index is 12.9. The fourth-order valence-electron chi connectivity index (χ4n) is 2.08. The van der Waals surface area contributed by atoms with Gasteiger partial charge in [0, 0.05) is 0 Å². The zero-order chi connectivity index (χ0) is 13.3. The second-order valence-electron chi connectivity index (χ2n) is 4.00. The minimum absolute atomic E-state index is 0.170. The fraction of sp³-hybridized carbons (Fsp3) is 0.250. The van der Waals surface area contributed by atoms with Crippen molar-refractivity contribution in [1.82, 2.24) is 10.6 Å². The van der Waals surface area contributed by atoms with Crippen LogP contribution in [0.25, 0.3) is 0 Å². The number of benzene rings is 1. The van der Waals surface area contributed by atoms with Crippen molar-refractivity contribution in [3.8, 4) is 0 Å². The first kappa shape index (κ1) is 12.2. The zero-order valence-corrected chi connectivity index (χ0v) is 9.62. The SMILES string of the molecule is CCC1(c2ccc(F)cc2)C(=O)NC(=O)NC1=O. The van der Waals surface area contributed by atoms with Gasteiger partial charge in [-0.3, -0.25) is 20.2 Å². The van der Waals surface area contributed by atoms with E-state index in [1.165, 1.54) is 24.3 Å². The van der Waals surface area contributed by atoms with Crippen molar-refractivity contribution in [2.75, 3.05) is 0 Å². The van der Waals surface area contributed by atoms with Gasteiger partial charge in [-0.1, -0.05) is 19.1 Å². The first-order valence-corrected chi connectivity index (χ1v) is 5.43. The number of rotatable bonds is 2. The lowest BCUT2D eigenvalue weighted by atomic mass is 9.75. The van der Waals surface area contributed by atoms with E-state index in [-0.39, 0.29) is 6.42 Å². The summed E-state index contributed by atoms with van der Waals surface area (Å²) in [6, 6.07) is 4.24. The van der Waals surface area contributed by atoms with E-state index in [1.54, 1.807) is 6.92 Å². The molecular formula is C12H11FN2O3. The van der Waals surface area contributed by atoms with Gasteiger partial charge in [-0.15, -0.1) is 0 Å². The first-order chi connectivity index (χ1) is 8.50. The van der Waals surface area contributed by atoms with Gasteiger partial charge in [0.2, 0.25) is 11.8 Å². The van der Waals surface area contributed by atoms with Gasteiger partial charge in [-0.2, -0.15) is 0 Å². The molecule has 0 spiro atoms. The molecule has 4 amide bonds. The molecule has 0 bridgehead atoms. The molecule has 0 radical (unpaired) electrons. The van der Waals surface area contributed by atoms with E-state index in [9.17, 15) is 18.8 Å². The lowest BCUT2D eigenvalue weighted by molar-refractivity contribution is -0.138. The summed E-state index contributed by atoms with van der Waals surface area (Å²) in [5, 5.41) is 4.12. The van der Waals surface area contributed by atoms with Gasteiger partial charge in [0.25, 0.3) is 0 Å². The molecule has 2 N–H and O–H groups in total. The van der Waals surface area contributed by atoms with Crippen LogP contribution in [-0.4, -0.2) is 17.8 Å². The van der Waals surface area contributed by atoms with Crippen LogP contribution >= 0.6 is 0 Å². The highest BCUT2D eigenvalue weighted by atomic mass is 19.1. The third kappa shape index (κ3) is 1.66. The summed E-state index contributed by atoms with van der Waals surface area (Å²) in [7, 11) is 0. The molecule has 0 aromatic heterocycles. The van der Waals surface area contributed by atoms with E-state index >= 15 is 0 Å². The Kier molecular flexibility index (Phi) is 2.86. The summed E-state index contributed by atoms with van der Waals surface area (Å²) in [5.74, 6) is -1.84. The maximum atomic E-state index is 12.9. The summed E-state index contributed by atoms with van der Waals surface area (Å²) in [4.78, 5) is 35.0. The zero-order valence-electron chi connectivity index (χ0n) is 9.62. The smallest absolute Gasteiger partial charge is 0.277 e. The molecule has 1 aromatic carbocycles. The summed E-state index contributed by atoms with van der Waals surface area (Å²) in [6.45, 7) is 1.65. The molecule has 0 unspecified atom stereocenters. The highest BCUT2D eigenvalue weighted by Crippen LogP contribution is 2.30. The molecule has 1 aromatic rings. The number of amides is 4.